The number of anilines is 9. The lowest BCUT2D eigenvalue weighted by Gasteiger charge is -2.32. The average Bonchev–Trinajstić information content (AvgIpc) is 1.46. The topological polar surface area (TPSA) is 326 Å². The molecule has 0 aromatic carbocycles. The molecule has 104 heavy (non-hydrogen) atoms. The van der Waals surface area contributed by atoms with Crippen LogP contribution in [-0.2, 0) is 0 Å². The van der Waals surface area contributed by atoms with Gasteiger partial charge in [-0.05, 0) is 260 Å². The summed E-state index contributed by atoms with van der Waals surface area (Å²) in [6.07, 6.45) is 23.5. The monoisotopic (exact) mass is 1450 g/mol. The maximum atomic E-state index is 7.00. The van der Waals surface area contributed by atoms with E-state index >= 15 is 0 Å². The second-order valence-electron chi connectivity index (χ2n) is 30.0. The number of hydrogen-bond acceptors (Lipinski definition) is 26. The van der Waals surface area contributed by atoms with E-state index in [9.17, 15) is 0 Å². The van der Waals surface area contributed by atoms with Crippen LogP contribution in [0.4, 0.5) is 53.4 Å². The minimum atomic E-state index is 0.358. The molecule has 8 aromatic rings. The maximum Gasteiger partial charge on any atom is 0.228 e. The Balaban J connectivity index is 0.000000122. The van der Waals surface area contributed by atoms with Crippen LogP contribution in [0.5, 0.6) is 0 Å². The largest absolute Gasteiger partial charge is 0.400 e. The minimum absolute atomic E-state index is 0.358. The molecule has 0 unspecified atom stereocenters. The van der Waals surface area contributed by atoms with Crippen molar-refractivity contribution in [2.75, 3.05) is 67.6 Å². The molecular formula is C76H103Cl2N25O. The van der Waals surface area contributed by atoms with Gasteiger partial charge in [-0.1, -0.05) is 47.5 Å². The number of aromatic nitrogens is 16. The van der Waals surface area contributed by atoms with Crippen LogP contribution in [0, 0.1) is 47.3 Å². The lowest BCUT2D eigenvalue weighted by Crippen LogP contribution is -2.37. The fraction of sp³-hybridized carbons (Fsp3) is 0.579. The van der Waals surface area contributed by atoms with Gasteiger partial charge in [0.15, 0.2) is 23.3 Å². The first-order valence-electron chi connectivity index (χ1n) is 38.0. The molecular weight excluding hydrogens is 1350 g/mol. The molecule has 552 valence electrons. The summed E-state index contributed by atoms with van der Waals surface area (Å²) in [6.45, 7) is 19.7. The summed E-state index contributed by atoms with van der Waals surface area (Å²) in [7, 11) is 1.00. The lowest BCUT2D eigenvalue weighted by atomic mass is 10.2. The predicted molar refractivity (Wildman–Crippen MR) is 414 cm³/mol. The number of aliphatic hydroxyl groups excluding tert-OH is 1. The zero-order valence-electron chi connectivity index (χ0n) is 61.5. The molecule has 8 aliphatic carbocycles. The van der Waals surface area contributed by atoms with Gasteiger partial charge in [0.25, 0.3) is 0 Å². The Kier molecular flexibility index (Phi) is 24.2. The van der Waals surface area contributed by atoms with Gasteiger partial charge in [-0.25, -0.2) is 15.0 Å². The van der Waals surface area contributed by atoms with Gasteiger partial charge in [0.05, 0.1) is 0 Å². The van der Waals surface area contributed by atoms with Crippen LogP contribution in [0.1, 0.15) is 165 Å². The number of nitrogens with zero attached hydrogens (tertiary/aromatic N) is 17. The molecule has 17 rings (SSSR count). The standard InChI is InChI=1S/C21H29N7.2C18H23ClN6.C18H24N6.CH4O/c1-13(15-7-8-15)22-20-25-19(26-21(27-20)23-14(2)16-9-10-16)17-5-3-6-18(24-17)28-11-4-12-28;2*1-10(12-6-7-12)20-17-23-16(14-4-3-5-15(19)22-14)24-18(25-17)21-11(2)13-8-9-13;1-11(13-6-7-13)20-17-22-16(15-5-3-4-10-19-15)23-18(24-17)21-12(2)14-8-9-14;1-2/h3,5-6,13-16H,4,7-12H2,1-2H3,(H2,22,23,25,26,27);2*3-5,10-13H,6-9H2,1-2H3,(H2,20,21,23,24,25);3-5,10-14H,6-9H2,1-2H3,(H2,20,21,22,23,24);2H,1H3/t13-,14-;2*10-,11-;11-,12-;/m1111./s1. The first-order chi connectivity index (χ1) is 50.5. The molecule has 0 spiro atoms. The summed E-state index contributed by atoms with van der Waals surface area (Å²) in [5, 5.41) is 35.4. The molecule has 8 saturated carbocycles. The maximum absolute atomic E-state index is 7.00. The van der Waals surface area contributed by atoms with Crippen molar-refractivity contribution in [3.8, 4) is 46.1 Å². The van der Waals surface area contributed by atoms with E-state index < -0.39 is 0 Å². The van der Waals surface area contributed by atoms with Crippen LogP contribution in [0.2, 0.25) is 10.3 Å². The van der Waals surface area contributed by atoms with Crippen LogP contribution in [0.15, 0.2) is 79.0 Å². The van der Waals surface area contributed by atoms with Gasteiger partial charge in [0.2, 0.25) is 47.6 Å². The molecule has 28 heteroatoms. The highest BCUT2D eigenvalue weighted by Gasteiger charge is 2.35. The van der Waals surface area contributed by atoms with Crippen LogP contribution in [-0.4, -0.2) is 153 Å². The number of hydrogen-bond donors (Lipinski definition) is 9. The number of aliphatic hydroxyl groups is 1. The van der Waals surface area contributed by atoms with E-state index in [1.807, 2.05) is 54.6 Å². The van der Waals surface area contributed by atoms with Gasteiger partial charge in [0.1, 0.15) is 38.9 Å². The molecule has 9 N–H and O–H groups in total. The molecule has 9 fully saturated rings. The Hall–Kier alpha value is -8.62. The third-order valence-electron chi connectivity index (χ3n) is 21.0. The van der Waals surface area contributed by atoms with Gasteiger partial charge in [-0.3, -0.25) is 4.98 Å². The van der Waals surface area contributed by atoms with Crippen molar-refractivity contribution in [2.24, 2.45) is 47.3 Å². The van der Waals surface area contributed by atoms with Crippen LogP contribution < -0.4 is 47.4 Å². The molecule has 8 aromatic heterocycles. The van der Waals surface area contributed by atoms with E-state index in [0.29, 0.717) is 165 Å². The van der Waals surface area contributed by atoms with E-state index in [4.69, 9.17) is 43.3 Å². The van der Waals surface area contributed by atoms with E-state index in [-0.39, 0.29) is 0 Å². The highest BCUT2D eigenvalue weighted by molar-refractivity contribution is 6.29. The van der Waals surface area contributed by atoms with Crippen molar-refractivity contribution in [1.82, 2.24) is 79.7 Å². The van der Waals surface area contributed by atoms with Crippen LogP contribution in [0.25, 0.3) is 46.1 Å². The van der Waals surface area contributed by atoms with Gasteiger partial charge >= 0.3 is 0 Å². The molecule has 1 saturated heterocycles. The van der Waals surface area contributed by atoms with Gasteiger partial charge in [0, 0.05) is 74.7 Å². The Morgan fingerprint density at radius 3 is 0.760 bits per heavy atom. The summed E-state index contributed by atoms with van der Waals surface area (Å²) in [4.78, 5) is 75.4. The molecule has 26 nitrogen and oxygen atoms in total. The van der Waals surface area contributed by atoms with Gasteiger partial charge in [-0.2, -0.15) is 59.8 Å². The van der Waals surface area contributed by atoms with Crippen LogP contribution in [0.3, 0.4) is 0 Å². The lowest BCUT2D eigenvalue weighted by molar-refractivity contribution is 0.399. The minimum Gasteiger partial charge on any atom is -0.400 e. The molecule has 9 heterocycles. The van der Waals surface area contributed by atoms with E-state index in [0.717, 1.165) is 61.1 Å². The first-order valence-corrected chi connectivity index (χ1v) is 38.8. The predicted octanol–water partition coefficient (Wildman–Crippen LogP) is 14.5. The Morgan fingerprint density at radius 2 is 0.538 bits per heavy atom. The van der Waals surface area contributed by atoms with Crippen molar-refractivity contribution in [3.63, 3.8) is 0 Å². The quantitative estimate of drug-likeness (QED) is 0.0197. The molecule has 0 amide bonds. The summed E-state index contributed by atoms with van der Waals surface area (Å²) < 4.78 is 0. The summed E-state index contributed by atoms with van der Waals surface area (Å²) in [5.41, 5.74) is 2.87. The molecule has 9 aliphatic rings. The third-order valence-corrected chi connectivity index (χ3v) is 21.4. The normalized spacial score (nSPS) is 19.5. The van der Waals surface area contributed by atoms with Crippen molar-refractivity contribution in [2.45, 2.75) is 213 Å². The average molecular weight is 1450 g/mol. The fourth-order valence-corrected chi connectivity index (χ4v) is 13.0. The van der Waals surface area contributed by atoms with Gasteiger partial charge in [-0.15, -0.1) is 0 Å². The van der Waals surface area contributed by atoms with Gasteiger partial charge < -0.3 is 52.5 Å². The molecule has 0 radical (unpaired) electrons. The first kappa shape index (κ1) is 73.7. The highest BCUT2D eigenvalue weighted by Crippen LogP contribution is 2.40. The van der Waals surface area contributed by atoms with Crippen molar-refractivity contribution in [3.05, 3.63) is 89.3 Å². The number of rotatable bonds is 29. The van der Waals surface area contributed by atoms with Crippen molar-refractivity contribution < 1.29 is 5.11 Å². The zero-order chi connectivity index (χ0) is 72.4. The van der Waals surface area contributed by atoms with E-state index in [1.165, 1.54) is 109 Å². The van der Waals surface area contributed by atoms with E-state index in [1.54, 1.807) is 18.3 Å². The molecule has 1 aliphatic heterocycles. The second-order valence-corrected chi connectivity index (χ2v) is 30.8. The van der Waals surface area contributed by atoms with Crippen LogP contribution >= 0.6 is 23.2 Å². The summed E-state index contributed by atoms with van der Waals surface area (Å²) >= 11 is 12.1. The second kappa shape index (κ2) is 34.1. The molecule has 0 bridgehead atoms. The highest BCUT2D eigenvalue weighted by atomic mass is 35.5. The summed E-state index contributed by atoms with van der Waals surface area (Å²) in [5.74, 6) is 14.1. The third kappa shape index (κ3) is 21.8. The SMILES string of the molecule is CO.C[C@@H](Nc1nc(N[C@H](C)C2CC2)nc(-c2cccc(Cl)n2)n1)C1CC1.C[C@@H](Nc1nc(N[C@H](C)C2CC2)nc(-c2cccc(Cl)n2)n1)C1CC1.C[C@@H](Nc1nc(N[C@H](C)C2CC2)nc(-c2cccc(N3CCC3)n2)n1)C1CC1.C[C@@H](Nc1nc(N[C@H](C)C2CC2)nc(-c2ccccn2)n1)C1CC1. The fourth-order valence-electron chi connectivity index (χ4n) is 12.6. The van der Waals surface area contributed by atoms with Crippen molar-refractivity contribution in [1.29, 1.82) is 0 Å². The Morgan fingerprint density at radius 1 is 0.298 bits per heavy atom. The van der Waals surface area contributed by atoms with E-state index in [2.05, 4.69) is 174 Å². The Labute approximate surface area is 621 Å². The molecule has 8 atom stereocenters. The Bertz CT molecular complexity index is 3830. The van der Waals surface area contributed by atoms with Crippen molar-refractivity contribution >= 4 is 76.6 Å². The number of nitrogens with one attached hydrogen (secondary N) is 8. The number of pyridine rings is 4. The zero-order valence-corrected chi connectivity index (χ0v) is 63.0. The summed E-state index contributed by atoms with van der Waals surface area (Å²) in [6, 6.07) is 25.8. The smallest absolute Gasteiger partial charge is 0.228 e. The number of halogens is 2.